The van der Waals surface area contributed by atoms with E-state index in [1.165, 1.54) is 6.20 Å². The summed E-state index contributed by atoms with van der Waals surface area (Å²) in [7, 11) is 0. The molecule has 0 amide bonds. The average molecular weight is 343 g/mol. The standard InChI is InChI=1S/C16H11BrN2O2/c17-12-6-2-4-8-14(12)19-15-10-5-1-3-7-13(10)18-9-11(15)16(20)21/h1-9H,(H,18,19)(H,20,21). The zero-order valence-corrected chi connectivity index (χ0v) is 12.5. The van der Waals surface area contributed by atoms with Crippen molar-refractivity contribution in [3.05, 3.63) is 64.8 Å². The molecule has 0 spiro atoms. The second-order valence-electron chi connectivity index (χ2n) is 4.47. The van der Waals surface area contributed by atoms with Gasteiger partial charge in [-0.3, -0.25) is 4.98 Å². The summed E-state index contributed by atoms with van der Waals surface area (Å²) < 4.78 is 0.863. The van der Waals surface area contributed by atoms with Gasteiger partial charge in [-0.1, -0.05) is 30.3 Å². The molecule has 5 heteroatoms. The Balaban J connectivity index is 2.21. The first-order chi connectivity index (χ1) is 10.2. The van der Waals surface area contributed by atoms with Gasteiger partial charge >= 0.3 is 5.97 Å². The molecular formula is C16H11BrN2O2. The van der Waals surface area contributed by atoms with Gasteiger partial charge in [0.1, 0.15) is 5.56 Å². The smallest absolute Gasteiger partial charge is 0.339 e. The van der Waals surface area contributed by atoms with Gasteiger partial charge in [0, 0.05) is 16.1 Å². The molecule has 0 aliphatic carbocycles. The molecule has 0 saturated carbocycles. The molecule has 0 aliphatic heterocycles. The molecule has 2 aromatic carbocycles. The predicted octanol–water partition coefficient (Wildman–Crippen LogP) is 4.44. The maximum Gasteiger partial charge on any atom is 0.339 e. The van der Waals surface area contributed by atoms with Crippen LogP contribution in [0.15, 0.2) is 59.2 Å². The van der Waals surface area contributed by atoms with E-state index in [1.54, 1.807) is 0 Å². The molecule has 104 valence electrons. The summed E-state index contributed by atoms with van der Waals surface area (Å²) in [6.07, 6.45) is 1.38. The predicted molar refractivity (Wildman–Crippen MR) is 86.1 cm³/mol. The van der Waals surface area contributed by atoms with E-state index in [-0.39, 0.29) is 5.56 Å². The lowest BCUT2D eigenvalue weighted by molar-refractivity contribution is 0.0697. The van der Waals surface area contributed by atoms with Crippen molar-refractivity contribution in [1.29, 1.82) is 0 Å². The number of carboxylic acids is 1. The number of aromatic nitrogens is 1. The Morgan fingerprint density at radius 2 is 1.81 bits per heavy atom. The Morgan fingerprint density at radius 3 is 2.57 bits per heavy atom. The molecule has 0 fully saturated rings. The number of hydrogen-bond donors (Lipinski definition) is 2. The maximum absolute atomic E-state index is 11.4. The third-order valence-electron chi connectivity index (χ3n) is 3.14. The van der Waals surface area contributed by atoms with Crippen LogP contribution in [-0.2, 0) is 0 Å². The number of anilines is 2. The molecule has 2 N–H and O–H groups in total. The molecular weight excluding hydrogens is 332 g/mol. The van der Waals surface area contributed by atoms with E-state index in [0.717, 1.165) is 21.1 Å². The minimum absolute atomic E-state index is 0.143. The van der Waals surface area contributed by atoms with Gasteiger partial charge in [-0.25, -0.2) is 4.79 Å². The Labute approximate surface area is 129 Å². The normalized spacial score (nSPS) is 10.5. The average Bonchev–Trinajstić information content (AvgIpc) is 2.49. The minimum Gasteiger partial charge on any atom is -0.478 e. The molecule has 1 aromatic heterocycles. The van der Waals surface area contributed by atoms with Crippen molar-refractivity contribution in [2.24, 2.45) is 0 Å². The van der Waals surface area contributed by atoms with E-state index in [2.05, 4.69) is 26.2 Å². The summed E-state index contributed by atoms with van der Waals surface area (Å²) in [5.41, 5.74) is 2.23. The van der Waals surface area contributed by atoms with Crippen LogP contribution in [0.3, 0.4) is 0 Å². The molecule has 3 aromatic rings. The fourth-order valence-electron chi connectivity index (χ4n) is 2.14. The largest absolute Gasteiger partial charge is 0.478 e. The summed E-state index contributed by atoms with van der Waals surface area (Å²) >= 11 is 3.45. The number of halogens is 1. The van der Waals surface area contributed by atoms with Gasteiger partial charge in [0.05, 0.1) is 16.9 Å². The van der Waals surface area contributed by atoms with Gasteiger partial charge in [-0.05, 0) is 34.1 Å². The lowest BCUT2D eigenvalue weighted by Crippen LogP contribution is -2.05. The Kier molecular flexibility index (Phi) is 3.58. The number of carboxylic acid groups (broad SMARTS) is 1. The van der Waals surface area contributed by atoms with Crippen LogP contribution >= 0.6 is 15.9 Å². The van der Waals surface area contributed by atoms with Crippen LogP contribution in [-0.4, -0.2) is 16.1 Å². The Hall–Kier alpha value is -2.40. The van der Waals surface area contributed by atoms with Crippen LogP contribution in [0, 0.1) is 0 Å². The van der Waals surface area contributed by atoms with Gasteiger partial charge in [-0.2, -0.15) is 0 Å². The quantitative estimate of drug-likeness (QED) is 0.738. The first-order valence-electron chi connectivity index (χ1n) is 6.29. The molecule has 0 atom stereocenters. The lowest BCUT2D eigenvalue weighted by Gasteiger charge is -2.13. The number of aromatic carboxylic acids is 1. The van der Waals surface area contributed by atoms with Crippen LogP contribution in [0.25, 0.3) is 10.9 Å². The zero-order chi connectivity index (χ0) is 14.8. The number of para-hydroxylation sites is 2. The summed E-state index contributed by atoms with van der Waals surface area (Å²) in [5.74, 6) is -1.01. The molecule has 0 bridgehead atoms. The number of hydrogen-bond acceptors (Lipinski definition) is 3. The molecule has 0 radical (unpaired) electrons. The molecule has 4 nitrogen and oxygen atoms in total. The molecule has 0 aliphatic rings. The number of nitrogens with one attached hydrogen (secondary N) is 1. The molecule has 21 heavy (non-hydrogen) atoms. The van der Waals surface area contributed by atoms with Gasteiger partial charge in [0.2, 0.25) is 0 Å². The van der Waals surface area contributed by atoms with Crippen molar-refractivity contribution in [2.45, 2.75) is 0 Å². The second kappa shape index (κ2) is 5.54. The highest BCUT2D eigenvalue weighted by atomic mass is 79.9. The Bertz CT molecular complexity index is 833. The van der Waals surface area contributed by atoms with E-state index >= 15 is 0 Å². The van der Waals surface area contributed by atoms with Crippen molar-refractivity contribution in [3.63, 3.8) is 0 Å². The van der Waals surface area contributed by atoms with Crippen LogP contribution in [0.5, 0.6) is 0 Å². The number of pyridine rings is 1. The van der Waals surface area contributed by atoms with Crippen LogP contribution in [0.4, 0.5) is 11.4 Å². The van der Waals surface area contributed by atoms with Gasteiger partial charge < -0.3 is 10.4 Å². The zero-order valence-electron chi connectivity index (χ0n) is 10.9. The maximum atomic E-state index is 11.4. The van der Waals surface area contributed by atoms with E-state index in [0.29, 0.717) is 5.69 Å². The fraction of sp³-hybridized carbons (Fsp3) is 0. The number of nitrogens with zero attached hydrogens (tertiary/aromatic N) is 1. The third kappa shape index (κ3) is 2.60. The van der Waals surface area contributed by atoms with Crippen molar-refractivity contribution in [3.8, 4) is 0 Å². The fourth-order valence-corrected chi connectivity index (χ4v) is 2.52. The van der Waals surface area contributed by atoms with Gasteiger partial charge in [0.15, 0.2) is 0 Å². The first kappa shape index (κ1) is 13.6. The van der Waals surface area contributed by atoms with Crippen molar-refractivity contribution < 1.29 is 9.90 Å². The minimum atomic E-state index is -1.01. The highest BCUT2D eigenvalue weighted by molar-refractivity contribution is 9.10. The second-order valence-corrected chi connectivity index (χ2v) is 5.33. The number of rotatable bonds is 3. The van der Waals surface area contributed by atoms with Crippen LogP contribution in [0.2, 0.25) is 0 Å². The highest BCUT2D eigenvalue weighted by Gasteiger charge is 2.15. The van der Waals surface area contributed by atoms with E-state index in [9.17, 15) is 9.90 Å². The highest BCUT2D eigenvalue weighted by Crippen LogP contribution is 2.32. The Morgan fingerprint density at radius 1 is 1.10 bits per heavy atom. The first-order valence-corrected chi connectivity index (χ1v) is 7.08. The summed E-state index contributed by atoms with van der Waals surface area (Å²) in [6.45, 7) is 0. The van der Waals surface area contributed by atoms with Crippen molar-refractivity contribution in [1.82, 2.24) is 4.98 Å². The summed E-state index contributed by atoms with van der Waals surface area (Å²) in [5, 5.41) is 13.3. The van der Waals surface area contributed by atoms with E-state index in [1.807, 2.05) is 48.5 Å². The number of benzene rings is 2. The van der Waals surface area contributed by atoms with Crippen molar-refractivity contribution in [2.75, 3.05) is 5.32 Å². The summed E-state index contributed by atoms with van der Waals surface area (Å²) in [6, 6.07) is 15.0. The molecule has 1 heterocycles. The van der Waals surface area contributed by atoms with Gasteiger partial charge in [-0.15, -0.1) is 0 Å². The van der Waals surface area contributed by atoms with Crippen molar-refractivity contribution >= 4 is 44.2 Å². The summed E-state index contributed by atoms with van der Waals surface area (Å²) in [4.78, 5) is 15.6. The molecule has 0 saturated heterocycles. The van der Waals surface area contributed by atoms with Crippen LogP contribution < -0.4 is 5.32 Å². The molecule has 0 unspecified atom stereocenters. The number of carbonyl (C=O) groups is 1. The lowest BCUT2D eigenvalue weighted by atomic mass is 10.1. The number of fused-ring (bicyclic) bond motifs is 1. The SMILES string of the molecule is O=C(O)c1cnc2ccccc2c1Nc1ccccc1Br. The van der Waals surface area contributed by atoms with E-state index in [4.69, 9.17) is 0 Å². The topological polar surface area (TPSA) is 62.2 Å². The van der Waals surface area contributed by atoms with E-state index < -0.39 is 5.97 Å². The molecule has 3 rings (SSSR count). The van der Waals surface area contributed by atoms with Crippen LogP contribution in [0.1, 0.15) is 10.4 Å². The third-order valence-corrected chi connectivity index (χ3v) is 3.83. The monoisotopic (exact) mass is 342 g/mol. The van der Waals surface area contributed by atoms with Gasteiger partial charge in [0.25, 0.3) is 0 Å².